The molecule has 2 aromatic heterocycles. The highest BCUT2D eigenvalue weighted by Gasteiger charge is 2.37. The van der Waals surface area contributed by atoms with Crippen LogP contribution >= 0.6 is 11.6 Å². The molecule has 5 rings (SSSR count). The molecule has 6 heteroatoms. The monoisotopic (exact) mass is 365 g/mol. The summed E-state index contributed by atoms with van der Waals surface area (Å²) in [4.78, 5) is 12.7. The number of hydrogen-bond donors (Lipinski definition) is 2. The zero-order valence-electron chi connectivity index (χ0n) is 13.9. The van der Waals surface area contributed by atoms with Crippen molar-refractivity contribution in [1.29, 1.82) is 0 Å². The molecule has 0 saturated carbocycles. The molecule has 0 spiro atoms. The first-order valence-electron chi connectivity index (χ1n) is 8.63. The molecule has 26 heavy (non-hydrogen) atoms. The number of nitrogens with one attached hydrogen (secondary N) is 2. The third-order valence-corrected chi connectivity index (χ3v) is 5.29. The molecule has 1 aromatic carbocycles. The first-order chi connectivity index (χ1) is 12.7. The smallest absolute Gasteiger partial charge is 0.161 e. The standard InChI is InChI=1S/C20H16ClN3O2/c21-12-6-4-11(5-7-12)16-8-9-17(26-16)18-13-10-22-24-20(13)23-14-2-1-3-15(25)19(14)18/h4-10,18H,1-3H2,(H2,22,23,24). The molecular weight excluding hydrogens is 350 g/mol. The number of benzene rings is 1. The Labute approximate surface area is 155 Å². The van der Waals surface area contributed by atoms with Crippen molar-refractivity contribution in [3.63, 3.8) is 0 Å². The summed E-state index contributed by atoms with van der Waals surface area (Å²) in [5.41, 5.74) is 3.68. The number of rotatable bonds is 2. The largest absolute Gasteiger partial charge is 0.460 e. The van der Waals surface area contributed by atoms with Crippen LogP contribution < -0.4 is 5.32 Å². The predicted octanol–water partition coefficient (Wildman–Crippen LogP) is 4.89. The number of allylic oxidation sites excluding steroid dienone is 2. The second-order valence-electron chi connectivity index (χ2n) is 6.64. The van der Waals surface area contributed by atoms with Crippen molar-refractivity contribution in [1.82, 2.24) is 10.2 Å². The summed E-state index contributed by atoms with van der Waals surface area (Å²) >= 11 is 5.97. The van der Waals surface area contributed by atoms with E-state index in [1.807, 2.05) is 36.4 Å². The van der Waals surface area contributed by atoms with Crippen LogP contribution in [0, 0.1) is 0 Å². The summed E-state index contributed by atoms with van der Waals surface area (Å²) in [7, 11) is 0. The molecule has 2 N–H and O–H groups in total. The average molecular weight is 366 g/mol. The molecule has 0 bridgehead atoms. The van der Waals surface area contributed by atoms with Crippen LogP contribution in [0.1, 0.15) is 36.5 Å². The number of aromatic amines is 1. The molecule has 1 aliphatic heterocycles. The number of Topliss-reactive ketones (excluding diaryl/α,β-unsaturated/α-hetero) is 1. The van der Waals surface area contributed by atoms with Crippen LogP contribution in [0.2, 0.25) is 5.02 Å². The number of halogens is 1. The minimum absolute atomic E-state index is 0.181. The van der Waals surface area contributed by atoms with Gasteiger partial charge in [0.05, 0.1) is 12.1 Å². The molecule has 1 aliphatic carbocycles. The molecule has 130 valence electrons. The molecule has 0 fully saturated rings. The lowest BCUT2D eigenvalue weighted by Gasteiger charge is -2.30. The van der Waals surface area contributed by atoms with Gasteiger partial charge < -0.3 is 9.73 Å². The number of H-pyrrole nitrogens is 1. The van der Waals surface area contributed by atoms with Crippen molar-refractivity contribution in [2.24, 2.45) is 0 Å². The molecule has 0 saturated heterocycles. The number of ketones is 1. The summed E-state index contributed by atoms with van der Waals surface area (Å²) < 4.78 is 6.17. The first-order valence-corrected chi connectivity index (χ1v) is 9.00. The Bertz CT molecular complexity index is 1030. The predicted molar refractivity (Wildman–Crippen MR) is 99.1 cm³/mol. The summed E-state index contributed by atoms with van der Waals surface area (Å²) in [5.74, 6) is 2.30. The SMILES string of the molecule is O=C1CCCC2=C1C(c1ccc(-c3ccc(Cl)cc3)o1)c1cn[nH]c1N2. The fourth-order valence-corrected chi connectivity index (χ4v) is 3.95. The molecule has 5 nitrogen and oxygen atoms in total. The summed E-state index contributed by atoms with van der Waals surface area (Å²) in [5, 5.41) is 11.2. The average Bonchev–Trinajstić information content (AvgIpc) is 3.30. The lowest BCUT2D eigenvalue weighted by atomic mass is 9.79. The van der Waals surface area contributed by atoms with Gasteiger partial charge in [-0.2, -0.15) is 5.10 Å². The number of carbonyl (C=O) groups is 1. The zero-order chi connectivity index (χ0) is 17.7. The van der Waals surface area contributed by atoms with E-state index in [9.17, 15) is 4.79 Å². The first kappa shape index (κ1) is 15.5. The van der Waals surface area contributed by atoms with Gasteiger partial charge >= 0.3 is 0 Å². The third-order valence-electron chi connectivity index (χ3n) is 5.04. The molecule has 0 amide bonds. The Morgan fingerprint density at radius 1 is 1.12 bits per heavy atom. The number of carbonyl (C=O) groups excluding carboxylic acids is 1. The van der Waals surface area contributed by atoms with E-state index >= 15 is 0 Å². The molecule has 3 heterocycles. The summed E-state index contributed by atoms with van der Waals surface area (Å²) in [6.07, 6.45) is 4.08. The van der Waals surface area contributed by atoms with Gasteiger partial charge in [-0.05, 0) is 49.2 Å². The highest BCUT2D eigenvalue weighted by atomic mass is 35.5. The quantitative estimate of drug-likeness (QED) is 0.678. The fraction of sp³-hybridized carbons (Fsp3) is 0.200. The van der Waals surface area contributed by atoms with Gasteiger partial charge in [-0.1, -0.05) is 11.6 Å². The van der Waals surface area contributed by atoms with E-state index in [0.717, 1.165) is 52.6 Å². The van der Waals surface area contributed by atoms with Crippen LogP contribution in [0.15, 0.2) is 58.3 Å². The van der Waals surface area contributed by atoms with Crippen LogP contribution in [-0.4, -0.2) is 16.0 Å². The van der Waals surface area contributed by atoms with Gasteiger partial charge in [0.2, 0.25) is 0 Å². The molecule has 0 radical (unpaired) electrons. The van der Waals surface area contributed by atoms with E-state index in [-0.39, 0.29) is 11.7 Å². The molecule has 1 unspecified atom stereocenters. The molecular formula is C20H16ClN3O2. The Morgan fingerprint density at radius 3 is 2.81 bits per heavy atom. The minimum atomic E-state index is -0.228. The van der Waals surface area contributed by atoms with Gasteiger partial charge in [0.25, 0.3) is 0 Å². The van der Waals surface area contributed by atoms with Crippen LogP contribution in [0.4, 0.5) is 5.82 Å². The number of hydrogen-bond acceptors (Lipinski definition) is 4. The maximum absolute atomic E-state index is 12.7. The van der Waals surface area contributed by atoms with Crippen molar-refractivity contribution in [3.8, 4) is 11.3 Å². The van der Waals surface area contributed by atoms with E-state index in [1.165, 1.54) is 0 Å². The Kier molecular flexibility index (Phi) is 3.50. The Hall–Kier alpha value is -2.79. The number of aromatic nitrogens is 2. The summed E-state index contributed by atoms with van der Waals surface area (Å²) in [6, 6.07) is 11.4. The second kappa shape index (κ2) is 5.88. The number of fused-ring (bicyclic) bond motifs is 1. The lowest BCUT2D eigenvalue weighted by Crippen LogP contribution is -2.26. The maximum atomic E-state index is 12.7. The van der Waals surface area contributed by atoms with Crippen molar-refractivity contribution < 1.29 is 9.21 Å². The normalized spacial score (nSPS) is 19.1. The number of furan rings is 1. The van der Waals surface area contributed by atoms with E-state index in [1.54, 1.807) is 6.20 Å². The van der Waals surface area contributed by atoms with Gasteiger partial charge in [-0.3, -0.25) is 9.89 Å². The van der Waals surface area contributed by atoms with Crippen molar-refractivity contribution in [3.05, 3.63) is 70.2 Å². The van der Waals surface area contributed by atoms with Gasteiger partial charge in [-0.25, -0.2) is 0 Å². The van der Waals surface area contributed by atoms with Crippen LogP contribution in [0.3, 0.4) is 0 Å². The summed E-state index contributed by atoms with van der Waals surface area (Å²) in [6.45, 7) is 0. The van der Waals surface area contributed by atoms with Crippen LogP contribution in [0.25, 0.3) is 11.3 Å². The van der Waals surface area contributed by atoms with Gasteiger partial charge in [0.1, 0.15) is 17.3 Å². The molecule has 2 aliphatic rings. The van der Waals surface area contributed by atoms with E-state index in [2.05, 4.69) is 15.5 Å². The van der Waals surface area contributed by atoms with Crippen molar-refractivity contribution >= 4 is 23.2 Å². The number of nitrogens with zero attached hydrogens (tertiary/aromatic N) is 1. The third kappa shape index (κ3) is 2.39. The Morgan fingerprint density at radius 2 is 1.96 bits per heavy atom. The lowest BCUT2D eigenvalue weighted by molar-refractivity contribution is -0.116. The van der Waals surface area contributed by atoms with E-state index in [0.29, 0.717) is 11.4 Å². The molecule has 1 atom stereocenters. The van der Waals surface area contributed by atoms with E-state index in [4.69, 9.17) is 16.0 Å². The second-order valence-corrected chi connectivity index (χ2v) is 7.07. The van der Waals surface area contributed by atoms with Gasteiger partial charge in [0.15, 0.2) is 5.78 Å². The maximum Gasteiger partial charge on any atom is 0.161 e. The Balaban J connectivity index is 1.61. The minimum Gasteiger partial charge on any atom is -0.460 e. The number of anilines is 1. The van der Waals surface area contributed by atoms with E-state index < -0.39 is 0 Å². The highest BCUT2D eigenvalue weighted by Crippen LogP contribution is 2.45. The molecule has 3 aromatic rings. The zero-order valence-corrected chi connectivity index (χ0v) is 14.6. The van der Waals surface area contributed by atoms with Gasteiger partial charge in [-0.15, -0.1) is 0 Å². The van der Waals surface area contributed by atoms with Crippen molar-refractivity contribution in [2.75, 3.05) is 5.32 Å². The highest BCUT2D eigenvalue weighted by molar-refractivity contribution is 6.30. The van der Waals surface area contributed by atoms with Crippen molar-refractivity contribution in [2.45, 2.75) is 25.2 Å². The topological polar surface area (TPSA) is 70.9 Å². The fourth-order valence-electron chi connectivity index (χ4n) is 3.82. The van der Waals surface area contributed by atoms with Crippen LogP contribution in [0.5, 0.6) is 0 Å². The van der Waals surface area contributed by atoms with Gasteiger partial charge in [0, 0.05) is 33.8 Å². The van der Waals surface area contributed by atoms with Crippen LogP contribution in [-0.2, 0) is 4.79 Å².